The lowest BCUT2D eigenvalue weighted by atomic mass is 10.2. The molecule has 0 radical (unpaired) electrons. The van der Waals surface area contributed by atoms with Crippen LogP contribution in [0.2, 0.25) is 0 Å². The number of amides is 1. The van der Waals surface area contributed by atoms with Gasteiger partial charge in [-0.3, -0.25) is 9.69 Å². The largest absolute Gasteiger partial charge is 0.340 e. The summed E-state index contributed by atoms with van der Waals surface area (Å²) in [6.45, 7) is 3.69. The first-order valence-corrected chi connectivity index (χ1v) is 11.0. The van der Waals surface area contributed by atoms with Crippen LogP contribution in [-0.4, -0.2) is 43.1 Å². The maximum absolute atomic E-state index is 13.4. The molecule has 0 atom stereocenters. The molecule has 0 aliphatic heterocycles. The van der Waals surface area contributed by atoms with E-state index in [1.54, 1.807) is 11.3 Å². The first-order chi connectivity index (χ1) is 13.5. The fraction of sp³-hybridized carbons (Fsp3) is 0.286. The maximum Gasteiger partial charge on any atom is 0.289 e. The van der Waals surface area contributed by atoms with E-state index in [0.717, 1.165) is 44.1 Å². The molecule has 28 heavy (non-hydrogen) atoms. The Morgan fingerprint density at radius 1 is 1.04 bits per heavy atom. The number of quaternary nitrogens is 1. The van der Waals surface area contributed by atoms with Crippen LogP contribution in [0.15, 0.2) is 42.5 Å². The standard InChI is InChI=1S/C21H22N4OS2/c1-14-8-6-11-17-18(14)23-21(28-17)25(13-7-12-24(2)3)20(26)19-22-15-9-4-5-10-16(15)27-19/h4-6,8-11H,7,12-13H2,1-3H3/p+1. The highest BCUT2D eigenvalue weighted by atomic mass is 32.1. The van der Waals surface area contributed by atoms with Gasteiger partial charge in [0.15, 0.2) is 10.1 Å². The average Bonchev–Trinajstić information content (AvgIpc) is 3.29. The van der Waals surface area contributed by atoms with Crippen LogP contribution in [0.4, 0.5) is 5.13 Å². The molecule has 2 aromatic carbocycles. The number of hydrogen-bond donors (Lipinski definition) is 1. The molecule has 2 aromatic heterocycles. The molecule has 0 aliphatic carbocycles. The van der Waals surface area contributed by atoms with Crippen molar-refractivity contribution >= 4 is 54.1 Å². The predicted octanol–water partition coefficient (Wildman–Crippen LogP) is 3.40. The smallest absolute Gasteiger partial charge is 0.289 e. The van der Waals surface area contributed by atoms with E-state index in [9.17, 15) is 4.79 Å². The van der Waals surface area contributed by atoms with Gasteiger partial charge in [0.05, 0.1) is 41.1 Å². The van der Waals surface area contributed by atoms with E-state index in [-0.39, 0.29) is 5.91 Å². The second-order valence-corrected chi connectivity index (χ2v) is 9.21. The molecule has 0 saturated heterocycles. The Hall–Kier alpha value is -2.35. The summed E-state index contributed by atoms with van der Waals surface area (Å²) in [6.07, 6.45) is 0.911. The summed E-state index contributed by atoms with van der Waals surface area (Å²) in [5, 5.41) is 1.27. The minimum atomic E-state index is -0.0633. The molecule has 0 unspecified atom stereocenters. The fourth-order valence-electron chi connectivity index (χ4n) is 3.14. The zero-order chi connectivity index (χ0) is 19.7. The molecule has 1 amide bonds. The average molecular weight is 412 g/mol. The highest BCUT2D eigenvalue weighted by Gasteiger charge is 2.24. The van der Waals surface area contributed by atoms with Crippen molar-refractivity contribution in [2.24, 2.45) is 0 Å². The molecular weight excluding hydrogens is 388 g/mol. The lowest BCUT2D eigenvalue weighted by molar-refractivity contribution is -0.858. The summed E-state index contributed by atoms with van der Waals surface area (Å²) in [4.78, 5) is 25.9. The maximum atomic E-state index is 13.4. The minimum absolute atomic E-state index is 0.0633. The van der Waals surface area contributed by atoms with Crippen LogP contribution >= 0.6 is 22.7 Å². The number of thiazole rings is 2. The monoisotopic (exact) mass is 411 g/mol. The Bertz CT molecular complexity index is 1100. The number of aromatic nitrogens is 2. The summed E-state index contributed by atoms with van der Waals surface area (Å²) >= 11 is 3.02. The second kappa shape index (κ2) is 7.95. The van der Waals surface area contributed by atoms with Crippen LogP contribution in [0.25, 0.3) is 20.4 Å². The van der Waals surface area contributed by atoms with Crippen molar-refractivity contribution in [1.82, 2.24) is 9.97 Å². The first kappa shape index (κ1) is 19.0. The number of anilines is 1. The summed E-state index contributed by atoms with van der Waals surface area (Å²) in [5.41, 5.74) is 2.97. The number of rotatable bonds is 6. The lowest BCUT2D eigenvalue weighted by Gasteiger charge is -2.19. The van der Waals surface area contributed by atoms with Gasteiger partial charge >= 0.3 is 0 Å². The van der Waals surface area contributed by atoms with E-state index < -0.39 is 0 Å². The third kappa shape index (κ3) is 3.78. The molecule has 0 bridgehead atoms. The van der Waals surface area contributed by atoms with E-state index in [4.69, 9.17) is 4.98 Å². The first-order valence-electron chi connectivity index (χ1n) is 9.35. The molecule has 0 spiro atoms. The van der Waals surface area contributed by atoms with Crippen molar-refractivity contribution in [2.45, 2.75) is 13.3 Å². The summed E-state index contributed by atoms with van der Waals surface area (Å²) in [7, 11) is 4.25. The van der Waals surface area contributed by atoms with Crippen molar-refractivity contribution in [1.29, 1.82) is 0 Å². The van der Waals surface area contributed by atoms with Gasteiger partial charge in [-0.1, -0.05) is 35.6 Å². The number of para-hydroxylation sites is 2. The quantitative estimate of drug-likeness (QED) is 0.529. The van der Waals surface area contributed by atoms with Crippen molar-refractivity contribution < 1.29 is 9.69 Å². The SMILES string of the molecule is Cc1cccc2sc(N(CCC[NH+](C)C)C(=O)c3nc4ccccc4s3)nc12. The zero-order valence-electron chi connectivity index (χ0n) is 16.2. The molecule has 144 valence electrons. The predicted molar refractivity (Wildman–Crippen MR) is 118 cm³/mol. The van der Waals surface area contributed by atoms with E-state index in [1.807, 2.05) is 35.2 Å². The van der Waals surface area contributed by atoms with Crippen molar-refractivity contribution in [3.8, 4) is 0 Å². The normalized spacial score (nSPS) is 11.6. The summed E-state index contributed by atoms with van der Waals surface area (Å²) < 4.78 is 2.14. The number of hydrogen-bond acceptors (Lipinski definition) is 5. The van der Waals surface area contributed by atoms with Crippen LogP contribution in [-0.2, 0) is 0 Å². The van der Waals surface area contributed by atoms with Crippen LogP contribution < -0.4 is 9.80 Å². The molecule has 7 heteroatoms. The zero-order valence-corrected chi connectivity index (χ0v) is 17.9. The Morgan fingerprint density at radius 3 is 2.57 bits per heavy atom. The van der Waals surface area contributed by atoms with Gasteiger partial charge in [0, 0.05) is 13.0 Å². The van der Waals surface area contributed by atoms with Crippen molar-refractivity contribution in [3.05, 3.63) is 53.0 Å². The van der Waals surface area contributed by atoms with E-state index in [0.29, 0.717) is 11.6 Å². The number of nitrogens with zero attached hydrogens (tertiary/aromatic N) is 3. The minimum Gasteiger partial charge on any atom is -0.340 e. The highest BCUT2D eigenvalue weighted by Crippen LogP contribution is 2.32. The van der Waals surface area contributed by atoms with Gasteiger partial charge in [-0.25, -0.2) is 9.97 Å². The van der Waals surface area contributed by atoms with Gasteiger partial charge in [0.25, 0.3) is 5.91 Å². The third-order valence-electron chi connectivity index (χ3n) is 4.62. The number of benzene rings is 2. The van der Waals surface area contributed by atoms with Crippen molar-refractivity contribution in [3.63, 3.8) is 0 Å². The molecule has 0 aliphatic rings. The number of aryl methyl sites for hydroxylation is 1. The van der Waals surface area contributed by atoms with Gasteiger partial charge < -0.3 is 4.90 Å². The van der Waals surface area contributed by atoms with E-state index >= 15 is 0 Å². The lowest BCUT2D eigenvalue weighted by Crippen LogP contribution is -3.05. The number of fused-ring (bicyclic) bond motifs is 2. The number of nitrogens with one attached hydrogen (secondary N) is 1. The van der Waals surface area contributed by atoms with Gasteiger partial charge in [-0.05, 0) is 30.7 Å². The Kier molecular flexibility index (Phi) is 5.39. The highest BCUT2D eigenvalue weighted by molar-refractivity contribution is 7.23. The number of carbonyl (C=O) groups excluding carboxylic acids is 1. The molecule has 1 N–H and O–H groups in total. The van der Waals surface area contributed by atoms with Gasteiger partial charge in [-0.2, -0.15) is 0 Å². The van der Waals surface area contributed by atoms with Gasteiger partial charge in [0.1, 0.15) is 0 Å². The van der Waals surface area contributed by atoms with E-state index in [2.05, 4.69) is 38.1 Å². The van der Waals surface area contributed by atoms with E-state index in [1.165, 1.54) is 16.2 Å². The summed E-state index contributed by atoms with van der Waals surface area (Å²) in [5.74, 6) is -0.0633. The molecule has 4 aromatic rings. The molecule has 5 nitrogen and oxygen atoms in total. The van der Waals surface area contributed by atoms with Gasteiger partial charge in [-0.15, -0.1) is 11.3 Å². The molecule has 2 heterocycles. The van der Waals surface area contributed by atoms with Gasteiger partial charge in [0.2, 0.25) is 0 Å². The van der Waals surface area contributed by atoms with Crippen LogP contribution in [0, 0.1) is 6.92 Å². The Balaban J connectivity index is 1.71. The fourth-order valence-corrected chi connectivity index (χ4v) is 5.13. The number of carbonyl (C=O) groups is 1. The second-order valence-electron chi connectivity index (χ2n) is 7.17. The van der Waals surface area contributed by atoms with Crippen LogP contribution in [0.5, 0.6) is 0 Å². The summed E-state index contributed by atoms with van der Waals surface area (Å²) in [6, 6.07) is 14.0. The third-order valence-corrected chi connectivity index (χ3v) is 6.69. The Labute approximate surface area is 172 Å². The molecule has 0 fully saturated rings. The van der Waals surface area contributed by atoms with Crippen LogP contribution in [0.3, 0.4) is 0 Å². The van der Waals surface area contributed by atoms with Crippen molar-refractivity contribution in [2.75, 3.05) is 32.1 Å². The topological polar surface area (TPSA) is 50.5 Å². The molecule has 0 saturated carbocycles. The van der Waals surface area contributed by atoms with Crippen LogP contribution in [0.1, 0.15) is 21.8 Å². The molecule has 4 rings (SSSR count). The Morgan fingerprint density at radius 2 is 1.82 bits per heavy atom. The molecular formula is C21H23N4OS2+.